The summed E-state index contributed by atoms with van der Waals surface area (Å²) in [6, 6.07) is 8.38. The molecule has 0 fully saturated rings. The second-order valence-corrected chi connectivity index (χ2v) is 6.21. The van der Waals surface area contributed by atoms with Crippen LogP contribution in [0.2, 0.25) is 0 Å². The van der Waals surface area contributed by atoms with Gasteiger partial charge < -0.3 is 15.2 Å². The molecular weight excluding hydrogens is 314 g/mol. The largest absolute Gasteiger partial charge is 0.456 e. The van der Waals surface area contributed by atoms with Gasteiger partial charge in [0.25, 0.3) is 0 Å². The van der Waals surface area contributed by atoms with Gasteiger partial charge in [0.2, 0.25) is 0 Å². The minimum Gasteiger partial charge on any atom is -0.456 e. The molecule has 122 valence electrons. The zero-order chi connectivity index (χ0) is 17.6. The Hall–Kier alpha value is -2.30. The number of carbonyl (C=O) groups is 1. The third kappa shape index (κ3) is 5.77. The Morgan fingerprint density at radius 2 is 2.17 bits per heavy atom. The van der Waals surface area contributed by atoms with Crippen molar-refractivity contribution in [1.82, 2.24) is 0 Å². The highest BCUT2D eigenvalue weighted by Crippen LogP contribution is 2.17. The predicted molar refractivity (Wildman–Crippen MR) is 92.5 cm³/mol. The quantitative estimate of drug-likeness (QED) is 0.488. The predicted octanol–water partition coefficient (Wildman–Crippen LogP) is 2.54. The van der Waals surface area contributed by atoms with Crippen LogP contribution in [0, 0.1) is 17.2 Å². The van der Waals surface area contributed by atoms with E-state index in [0.717, 1.165) is 0 Å². The molecule has 7 heteroatoms. The van der Waals surface area contributed by atoms with Crippen molar-refractivity contribution < 1.29 is 14.6 Å². The number of aliphatic imine (C=N–C) groups is 1. The van der Waals surface area contributed by atoms with Gasteiger partial charge in [-0.15, -0.1) is 0 Å². The molecule has 2 atom stereocenters. The first-order valence-electron chi connectivity index (χ1n) is 6.85. The number of ether oxygens (including phenoxy) is 1. The summed E-state index contributed by atoms with van der Waals surface area (Å²) >= 11 is 5.10. The van der Waals surface area contributed by atoms with Gasteiger partial charge in [0.15, 0.2) is 6.23 Å². The number of aliphatic hydroxyl groups is 1. The Morgan fingerprint density at radius 3 is 2.70 bits per heavy atom. The number of thiocarbonyl (C=S) groups is 1. The van der Waals surface area contributed by atoms with Crippen molar-refractivity contribution in [3.05, 3.63) is 29.8 Å². The van der Waals surface area contributed by atoms with Crippen LogP contribution in [0.5, 0.6) is 0 Å². The molecule has 2 N–H and O–H groups in total. The lowest BCUT2D eigenvalue weighted by Gasteiger charge is -2.20. The van der Waals surface area contributed by atoms with Crippen LogP contribution in [-0.4, -0.2) is 34.6 Å². The summed E-state index contributed by atoms with van der Waals surface area (Å²) < 4.78 is 5.29. The Bertz CT molecular complexity index is 647. The maximum absolute atomic E-state index is 12.0. The van der Waals surface area contributed by atoms with E-state index in [1.54, 1.807) is 45.0 Å². The second-order valence-electron chi connectivity index (χ2n) is 5.77. The first-order chi connectivity index (χ1) is 10.7. The average molecular weight is 333 g/mol. The molecule has 0 spiro atoms. The Morgan fingerprint density at radius 1 is 1.52 bits per heavy atom. The Kier molecular flexibility index (Phi) is 6.37. The van der Waals surface area contributed by atoms with Crippen LogP contribution in [0.25, 0.3) is 0 Å². The monoisotopic (exact) mass is 333 g/mol. The lowest BCUT2D eigenvalue weighted by Crippen LogP contribution is -2.29. The van der Waals surface area contributed by atoms with E-state index in [2.05, 4.69) is 17.0 Å². The standard InChI is InChI=1S/C16H19N3O3S/c1-16(2,3)22-15(21)10-6-5-7-11(8-10)19-14(23)12(9-17)13(20)18-4/h5-8,12-13,20H,4H2,1-3H3,(H,19,23). The van der Waals surface area contributed by atoms with Gasteiger partial charge in [-0.2, -0.15) is 5.26 Å². The van der Waals surface area contributed by atoms with Crippen molar-refractivity contribution in [3.8, 4) is 6.07 Å². The molecule has 6 nitrogen and oxygen atoms in total. The minimum absolute atomic E-state index is 0.0914. The van der Waals surface area contributed by atoms with Crippen molar-refractivity contribution in [1.29, 1.82) is 5.26 Å². The molecule has 0 bridgehead atoms. The van der Waals surface area contributed by atoms with E-state index in [-0.39, 0.29) is 4.99 Å². The number of esters is 1. The highest BCUT2D eigenvalue weighted by molar-refractivity contribution is 7.80. The molecule has 0 amide bonds. The first kappa shape index (κ1) is 18.7. The van der Waals surface area contributed by atoms with Gasteiger partial charge in [0.05, 0.1) is 11.6 Å². The summed E-state index contributed by atoms with van der Waals surface area (Å²) in [5.41, 5.74) is 0.264. The highest BCUT2D eigenvalue weighted by atomic mass is 32.1. The van der Waals surface area contributed by atoms with Gasteiger partial charge in [-0.3, -0.25) is 4.99 Å². The number of nitrogens with one attached hydrogen (secondary N) is 1. The molecule has 0 aliphatic rings. The zero-order valence-electron chi connectivity index (χ0n) is 13.2. The van der Waals surface area contributed by atoms with Crippen LogP contribution < -0.4 is 5.32 Å². The summed E-state index contributed by atoms with van der Waals surface area (Å²) in [5.74, 6) is -1.48. The van der Waals surface area contributed by atoms with Crippen LogP contribution in [0.15, 0.2) is 29.3 Å². The molecule has 0 saturated carbocycles. The molecule has 23 heavy (non-hydrogen) atoms. The van der Waals surface area contributed by atoms with Gasteiger partial charge in [-0.25, -0.2) is 4.79 Å². The number of hydrogen-bond donors (Lipinski definition) is 2. The Labute approximate surface area is 140 Å². The molecule has 0 radical (unpaired) electrons. The minimum atomic E-state index is -1.31. The zero-order valence-corrected chi connectivity index (χ0v) is 14.1. The fourth-order valence-electron chi connectivity index (χ4n) is 1.65. The van der Waals surface area contributed by atoms with Gasteiger partial charge in [0, 0.05) is 5.69 Å². The number of anilines is 1. The maximum Gasteiger partial charge on any atom is 0.338 e. The van der Waals surface area contributed by atoms with Crippen molar-refractivity contribution in [2.24, 2.45) is 10.9 Å². The van der Waals surface area contributed by atoms with Gasteiger partial charge in [-0.05, 0) is 45.7 Å². The second kappa shape index (κ2) is 7.81. The van der Waals surface area contributed by atoms with Crippen LogP contribution in [0.4, 0.5) is 5.69 Å². The molecule has 0 heterocycles. The van der Waals surface area contributed by atoms with Crippen molar-refractivity contribution in [2.45, 2.75) is 32.6 Å². The molecule has 0 saturated heterocycles. The molecule has 1 aromatic carbocycles. The van der Waals surface area contributed by atoms with Crippen LogP contribution >= 0.6 is 12.2 Å². The SMILES string of the molecule is C=NC(O)C(C#N)C(=S)Nc1cccc(C(=O)OC(C)(C)C)c1. The van der Waals surface area contributed by atoms with E-state index < -0.39 is 23.7 Å². The van der Waals surface area contributed by atoms with Gasteiger partial charge >= 0.3 is 5.97 Å². The van der Waals surface area contributed by atoms with E-state index in [1.165, 1.54) is 0 Å². The topological polar surface area (TPSA) is 94.7 Å². The number of hydrogen-bond acceptors (Lipinski definition) is 6. The number of nitriles is 1. The molecule has 2 unspecified atom stereocenters. The van der Waals surface area contributed by atoms with E-state index in [1.807, 2.05) is 6.07 Å². The number of aliphatic hydroxyl groups excluding tert-OH is 1. The van der Waals surface area contributed by atoms with E-state index in [9.17, 15) is 9.90 Å². The van der Waals surface area contributed by atoms with Gasteiger partial charge in [0.1, 0.15) is 16.5 Å². The van der Waals surface area contributed by atoms with Gasteiger partial charge in [-0.1, -0.05) is 18.3 Å². The van der Waals surface area contributed by atoms with E-state index >= 15 is 0 Å². The molecule has 0 aliphatic carbocycles. The van der Waals surface area contributed by atoms with Crippen LogP contribution in [0.3, 0.4) is 0 Å². The smallest absolute Gasteiger partial charge is 0.338 e. The maximum atomic E-state index is 12.0. The van der Waals surface area contributed by atoms with Crippen molar-refractivity contribution in [3.63, 3.8) is 0 Å². The summed E-state index contributed by atoms with van der Waals surface area (Å²) in [5, 5.41) is 21.4. The third-order valence-electron chi connectivity index (χ3n) is 2.67. The molecule has 0 aromatic heterocycles. The van der Waals surface area contributed by atoms with E-state index in [4.69, 9.17) is 22.2 Å². The number of nitrogens with zero attached hydrogens (tertiary/aromatic N) is 2. The fraction of sp³-hybridized carbons (Fsp3) is 0.375. The van der Waals surface area contributed by atoms with Crippen LogP contribution in [-0.2, 0) is 4.74 Å². The lowest BCUT2D eigenvalue weighted by molar-refractivity contribution is 0.00695. The van der Waals surface area contributed by atoms with E-state index in [0.29, 0.717) is 11.3 Å². The highest BCUT2D eigenvalue weighted by Gasteiger charge is 2.23. The summed E-state index contributed by atoms with van der Waals surface area (Å²) in [6.45, 7) is 8.53. The van der Waals surface area contributed by atoms with Crippen molar-refractivity contribution >= 4 is 35.6 Å². The average Bonchev–Trinajstić information content (AvgIpc) is 2.46. The Balaban J connectivity index is 2.89. The third-order valence-corrected chi connectivity index (χ3v) is 3.03. The molecular formula is C16H19N3O3S. The summed E-state index contributed by atoms with van der Waals surface area (Å²) in [6.07, 6.45) is -1.31. The molecule has 1 aromatic rings. The summed E-state index contributed by atoms with van der Waals surface area (Å²) in [7, 11) is 0. The normalized spacial score (nSPS) is 13.3. The number of rotatable bonds is 5. The number of carbonyl (C=O) groups excluding carboxylic acids is 1. The summed E-state index contributed by atoms with van der Waals surface area (Å²) in [4.78, 5) is 15.5. The fourth-order valence-corrected chi connectivity index (χ4v) is 1.94. The lowest BCUT2D eigenvalue weighted by atomic mass is 10.1. The van der Waals surface area contributed by atoms with Crippen LogP contribution in [0.1, 0.15) is 31.1 Å². The molecule has 1 rings (SSSR count). The number of benzene rings is 1. The van der Waals surface area contributed by atoms with Crippen molar-refractivity contribution in [2.75, 3.05) is 5.32 Å². The first-order valence-corrected chi connectivity index (χ1v) is 7.26. The molecule has 0 aliphatic heterocycles.